The van der Waals surface area contributed by atoms with Crippen molar-refractivity contribution in [2.45, 2.75) is 37.2 Å². The molecule has 3 aliphatic heterocycles. The van der Waals surface area contributed by atoms with E-state index in [9.17, 15) is 18.0 Å². The van der Waals surface area contributed by atoms with Crippen molar-refractivity contribution in [1.29, 1.82) is 0 Å². The van der Waals surface area contributed by atoms with Crippen LogP contribution in [0.25, 0.3) is 0 Å². The summed E-state index contributed by atoms with van der Waals surface area (Å²) < 4.78 is 29.6. The summed E-state index contributed by atoms with van der Waals surface area (Å²) in [5.41, 5.74) is 1.21. The Hall–Kier alpha value is -1.71. The van der Waals surface area contributed by atoms with Crippen molar-refractivity contribution in [3.05, 3.63) is 29.8 Å². The number of ketones is 1. The average Bonchev–Trinajstić information content (AvgIpc) is 3.29. The van der Waals surface area contributed by atoms with Crippen LogP contribution in [0.4, 0.5) is 5.69 Å². The van der Waals surface area contributed by atoms with Gasteiger partial charge in [-0.1, -0.05) is 23.9 Å². The Bertz CT molecular complexity index is 921. The minimum absolute atomic E-state index is 0.0160. The number of ether oxygens (including phenoxy) is 1. The summed E-state index contributed by atoms with van der Waals surface area (Å²) in [7, 11) is -3.13. The number of hydrogen-bond acceptors (Lipinski definition) is 6. The fourth-order valence-corrected chi connectivity index (χ4v) is 7.60. The number of amides is 1. The lowest BCUT2D eigenvalue weighted by Crippen LogP contribution is -2.38. The molecular weight excluding hydrogens is 388 g/mol. The normalized spacial score (nSPS) is 30.6. The number of carbonyl (C=O) groups excluding carboxylic acids is 2. The van der Waals surface area contributed by atoms with E-state index in [1.807, 2.05) is 6.07 Å². The molecule has 3 aliphatic rings. The van der Waals surface area contributed by atoms with E-state index in [1.165, 1.54) is 18.7 Å². The lowest BCUT2D eigenvalue weighted by Gasteiger charge is -2.25. The first-order valence-corrected chi connectivity index (χ1v) is 11.6. The van der Waals surface area contributed by atoms with E-state index in [1.54, 1.807) is 23.1 Å². The van der Waals surface area contributed by atoms with E-state index in [4.69, 9.17) is 4.74 Å². The molecule has 3 heterocycles. The Kier molecular flexibility index (Phi) is 4.85. The Balaban J connectivity index is 1.71. The fraction of sp³-hybridized carbons (Fsp3) is 0.500. The Morgan fingerprint density at radius 3 is 2.81 bits per heavy atom. The standard InChI is InChI=1S/C18H20N2O5S2/c1-11(21)12-4-2-5-13(8-12)20-14-9-27(23,24)10-16(14)26-18(20)19-17(22)15-6-3-7-25-15/h2,4-5,8,14-16H,3,6-7,9-10H2,1H3/t14-,15+,16+/m0/s1. The summed E-state index contributed by atoms with van der Waals surface area (Å²) in [5.74, 6) is -0.320. The van der Waals surface area contributed by atoms with Gasteiger partial charge in [0.15, 0.2) is 20.8 Å². The second-order valence-corrected chi connectivity index (χ2v) is 10.4. The second kappa shape index (κ2) is 7.03. The summed E-state index contributed by atoms with van der Waals surface area (Å²) in [6.07, 6.45) is 0.969. The van der Waals surface area contributed by atoms with Gasteiger partial charge in [0, 0.05) is 23.1 Å². The molecule has 3 atom stereocenters. The van der Waals surface area contributed by atoms with E-state index >= 15 is 0 Å². The molecule has 0 unspecified atom stereocenters. The van der Waals surface area contributed by atoms with Crippen molar-refractivity contribution < 1.29 is 22.7 Å². The van der Waals surface area contributed by atoms with Crippen LogP contribution in [0.15, 0.2) is 29.3 Å². The Labute approximate surface area is 162 Å². The lowest BCUT2D eigenvalue weighted by atomic mass is 10.1. The molecule has 1 aromatic carbocycles. The Morgan fingerprint density at radius 2 is 2.11 bits per heavy atom. The molecule has 4 rings (SSSR count). The molecule has 0 aliphatic carbocycles. The van der Waals surface area contributed by atoms with Crippen LogP contribution in [0.3, 0.4) is 0 Å². The summed E-state index contributed by atoms with van der Waals surface area (Å²) >= 11 is 1.32. The van der Waals surface area contributed by atoms with Gasteiger partial charge in [-0.25, -0.2) is 8.42 Å². The largest absolute Gasteiger partial charge is 0.368 e. The van der Waals surface area contributed by atoms with Gasteiger partial charge >= 0.3 is 0 Å². The maximum atomic E-state index is 12.5. The predicted octanol–water partition coefficient (Wildman–Crippen LogP) is 1.67. The molecule has 7 nitrogen and oxygen atoms in total. The molecule has 0 N–H and O–H groups in total. The van der Waals surface area contributed by atoms with E-state index in [2.05, 4.69) is 4.99 Å². The molecule has 27 heavy (non-hydrogen) atoms. The molecule has 9 heteroatoms. The van der Waals surface area contributed by atoms with Crippen LogP contribution in [0.5, 0.6) is 0 Å². The zero-order valence-corrected chi connectivity index (χ0v) is 16.5. The fourth-order valence-electron chi connectivity index (χ4n) is 3.68. The number of fused-ring (bicyclic) bond motifs is 1. The molecule has 0 radical (unpaired) electrons. The number of amidine groups is 1. The van der Waals surface area contributed by atoms with Crippen molar-refractivity contribution in [2.75, 3.05) is 23.0 Å². The van der Waals surface area contributed by atoms with Gasteiger partial charge < -0.3 is 9.64 Å². The highest BCUT2D eigenvalue weighted by Gasteiger charge is 2.49. The lowest BCUT2D eigenvalue weighted by molar-refractivity contribution is -0.126. The van der Waals surface area contributed by atoms with E-state index in [0.717, 1.165) is 6.42 Å². The van der Waals surface area contributed by atoms with Crippen LogP contribution in [0, 0.1) is 0 Å². The number of carbonyl (C=O) groups is 2. The highest BCUT2D eigenvalue weighted by Crippen LogP contribution is 2.41. The topological polar surface area (TPSA) is 93.1 Å². The molecule has 3 fully saturated rings. The van der Waals surface area contributed by atoms with Crippen molar-refractivity contribution in [1.82, 2.24) is 0 Å². The molecule has 1 amide bonds. The van der Waals surface area contributed by atoms with Gasteiger partial charge in [-0.05, 0) is 31.9 Å². The molecule has 0 saturated carbocycles. The first-order valence-electron chi connectivity index (χ1n) is 8.85. The third-order valence-corrected chi connectivity index (χ3v) is 8.22. The molecular formula is C18H20N2O5S2. The number of aliphatic imine (C=N–C) groups is 1. The average molecular weight is 409 g/mol. The number of anilines is 1. The van der Waals surface area contributed by atoms with Crippen LogP contribution in [-0.4, -0.2) is 60.8 Å². The van der Waals surface area contributed by atoms with Crippen molar-refractivity contribution in [3.63, 3.8) is 0 Å². The third-order valence-electron chi connectivity index (χ3n) is 5.01. The highest BCUT2D eigenvalue weighted by molar-refractivity contribution is 8.16. The number of nitrogens with zero attached hydrogens (tertiary/aromatic N) is 2. The van der Waals surface area contributed by atoms with Crippen molar-refractivity contribution in [2.24, 2.45) is 4.99 Å². The first-order chi connectivity index (χ1) is 12.8. The van der Waals surface area contributed by atoms with Crippen LogP contribution >= 0.6 is 11.8 Å². The molecule has 1 aromatic rings. The van der Waals surface area contributed by atoms with Gasteiger partial charge in [-0.2, -0.15) is 4.99 Å². The maximum absolute atomic E-state index is 12.5. The number of rotatable bonds is 3. The number of benzene rings is 1. The molecule has 3 saturated heterocycles. The number of sulfone groups is 1. The number of Topliss-reactive ketones (excluding diaryl/α,β-unsaturated/α-hetero) is 1. The third kappa shape index (κ3) is 3.68. The predicted molar refractivity (Wildman–Crippen MR) is 104 cm³/mol. The van der Waals surface area contributed by atoms with Crippen LogP contribution in [0.2, 0.25) is 0 Å². The summed E-state index contributed by atoms with van der Waals surface area (Å²) in [6, 6.07) is 6.71. The van der Waals surface area contributed by atoms with E-state index in [0.29, 0.717) is 29.4 Å². The van der Waals surface area contributed by atoms with Gasteiger partial charge in [0.2, 0.25) is 0 Å². The van der Waals surface area contributed by atoms with Gasteiger partial charge in [0.05, 0.1) is 17.5 Å². The zero-order chi connectivity index (χ0) is 19.2. The molecule has 0 aromatic heterocycles. The first kappa shape index (κ1) is 18.6. The van der Waals surface area contributed by atoms with E-state index in [-0.39, 0.29) is 34.5 Å². The molecule has 0 spiro atoms. The Morgan fingerprint density at radius 1 is 1.30 bits per heavy atom. The summed E-state index contributed by atoms with van der Waals surface area (Å²) in [5, 5.41) is 0.313. The monoisotopic (exact) mass is 408 g/mol. The van der Waals surface area contributed by atoms with Gasteiger partial charge in [-0.3, -0.25) is 9.59 Å². The van der Waals surface area contributed by atoms with Gasteiger partial charge in [0.1, 0.15) is 6.10 Å². The van der Waals surface area contributed by atoms with E-state index < -0.39 is 15.9 Å². The summed E-state index contributed by atoms with van der Waals surface area (Å²) in [6.45, 7) is 2.04. The second-order valence-electron chi connectivity index (χ2n) is 7.01. The van der Waals surface area contributed by atoms with Crippen LogP contribution in [-0.2, 0) is 19.4 Å². The SMILES string of the molecule is CC(=O)c1cccc(N2C(=NC(=O)[C@H]3CCCO3)S[C@@H]3CS(=O)(=O)C[C@@H]32)c1. The van der Waals surface area contributed by atoms with Crippen LogP contribution in [0.1, 0.15) is 30.1 Å². The zero-order valence-electron chi connectivity index (χ0n) is 14.8. The van der Waals surface area contributed by atoms with Crippen LogP contribution < -0.4 is 4.90 Å². The summed E-state index contributed by atoms with van der Waals surface area (Å²) in [4.78, 5) is 30.3. The number of hydrogen-bond donors (Lipinski definition) is 0. The van der Waals surface area contributed by atoms with Gasteiger partial charge in [-0.15, -0.1) is 0 Å². The van der Waals surface area contributed by atoms with Crippen molar-refractivity contribution >= 4 is 44.1 Å². The molecule has 0 bridgehead atoms. The maximum Gasteiger partial charge on any atom is 0.277 e. The molecule has 144 valence electrons. The number of thioether (sulfide) groups is 1. The highest BCUT2D eigenvalue weighted by atomic mass is 32.2. The quantitative estimate of drug-likeness (QED) is 0.702. The minimum Gasteiger partial charge on any atom is -0.368 e. The van der Waals surface area contributed by atoms with Gasteiger partial charge in [0.25, 0.3) is 5.91 Å². The smallest absolute Gasteiger partial charge is 0.277 e. The minimum atomic E-state index is -3.13. The van der Waals surface area contributed by atoms with Crippen molar-refractivity contribution in [3.8, 4) is 0 Å².